The van der Waals surface area contributed by atoms with Gasteiger partial charge in [0.1, 0.15) is 0 Å². The van der Waals surface area contributed by atoms with E-state index in [1.165, 1.54) is 0 Å². The molecule has 0 N–H and O–H groups in total. The van der Waals surface area contributed by atoms with Crippen LogP contribution in [0.2, 0.25) is 0 Å². The van der Waals surface area contributed by atoms with Gasteiger partial charge in [-0.2, -0.15) is 0 Å². The van der Waals surface area contributed by atoms with Crippen LogP contribution < -0.4 is 0 Å². The Morgan fingerprint density at radius 1 is 1.64 bits per heavy atom. The second-order valence-electron chi connectivity index (χ2n) is 5.00. The molecule has 4 heteroatoms. The highest BCUT2D eigenvalue weighted by atomic mass is 16.6. The minimum atomic E-state index is -0.231. The molecule has 1 heterocycles. The molecule has 1 aliphatic heterocycles. The molecule has 0 radical (unpaired) electrons. The van der Waals surface area contributed by atoms with E-state index in [4.69, 9.17) is 4.74 Å². The fourth-order valence-electron chi connectivity index (χ4n) is 2.21. The standard InChI is InChI=1S/C10H19NO3/c1-8(6-11(12)13)4-9-5-10(2,3)14-7-9/h8-9H,4-7H2,1-3H3/t8?,9-/m1/s1. The van der Waals surface area contributed by atoms with E-state index in [2.05, 4.69) is 13.8 Å². The van der Waals surface area contributed by atoms with Crippen molar-refractivity contribution in [1.82, 2.24) is 0 Å². The van der Waals surface area contributed by atoms with Crippen molar-refractivity contribution in [2.75, 3.05) is 13.2 Å². The Morgan fingerprint density at radius 2 is 2.29 bits per heavy atom. The van der Waals surface area contributed by atoms with Crippen LogP contribution in [0.1, 0.15) is 33.6 Å². The molecule has 0 aliphatic carbocycles. The molecular formula is C10H19NO3. The van der Waals surface area contributed by atoms with Crippen LogP contribution in [0.25, 0.3) is 0 Å². The first kappa shape index (κ1) is 11.4. The molecule has 0 aromatic rings. The minimum absolute atomic E-state index is 0.0288. The lowest BCUT2D eigenvalue weighted by molar-refractivity contribution is -0.487. The Labute approximate surface area is 84.8 Å². The van der Waals surface area contributed by atoms with Gasteiger partial charge in [-0.15, -0.1) is 0 Å². The minimum Gasteiger partial charge on any atom is -0.375 e. The van der Waals surface area contributed by atoms with Crippen molar-refractivity contribution in [3.63, 3.8) is 0 Å². The van der Waals surface area contributed by atoms with Crippen LogP contribution in [0.5, 0.6) is 0 Å². The second kappa shape index (κ2) is 4.26. The predicted octanol–water partition coefficient (Wildman–Crippen LogP) is 2.10. The summed E-state index contributed by atoms with van der Waals surface area (Å²) in [4.78, 5) is 10.1. The molecule has 1 aliphatic rings. The fraction of sp³-hybridized carbons (Fsp3) is 1.00. The maximum atomic E-state index is 10.3. The van der Waals surface area contributed by atoms with Gasteiger partial charge < -0.3 is 4.74 Å². The summed E-state index contributed by atoms with van der Waals surface area (Å²) in [6.07, 6.45) is 1.93. The van der Waals surface area contributed by atoms with Gasteiger partial charge in [0.2, 0.25) is 6.54 Å². The van der Waals surface area contributed by atoms with Gasteiger partial charge >= 0.3 is 0 Å². The van der Waals surface area contributed by atoms with Crippen LogP contribution in [0.3, 0.4) is 0 Å². The molecule has 0 aromatic heterocycles. The van der Waals surface area contributed by atoms with Crippen molar-refractivity contribution in [2.24, 2.45) is 11.8 Å². The van der Waals surface area contributed by atoms with Crippen molar-refractivity contribution in [2.45, 2.75) is 39.2 Å². The third kappa shape index (κ3) is 3.62. The SMILES string of the molecule is CC(C[C@H]1COC(C)(C)C1)C[N+](=O)[O-]. The van der Waals surface area contributed by atoms with Crippen molar-refractivity contribution in [3.8, 4) is 0 Å². The van der Waals surface area contributed by atoms with Crippen LogP contribution in [0, 0.1) is 22.0 Å². The van der Waals surface area contributed by atoms with Gasteiger partial charge in [0.25, 0.3) is 0 Å². The second-order valence-corrected chi connectivity index (χ2v) is 5.00. The molecule has 0 aromatic carbocycles. The van der Waals surface area contributed by atoms with Crippen molar-refractivity contribution in [1.29, 1.82) is 0 Å². The summed E-state index contributed by atoms with van der Waals surface area (Å²) in [6, 6.07) is 0. The summed E-state index contributed by atoms with van der Waals surface area (Å²) in [5, 5.41) is 10.3. The molecule has 4 nitrogen and oxygen atoms in total. The smallest absolute Gasteiger partial charge is 0.206 e. The van der Waals surface area contributed by atoms with Crippen LogP contribution in [-0.4, -0.2) is 23.7 Å². The molecule has 82 valence electrons. The van der Waals surface area contributed by atoms with Gasteiger partial charge in [0.15, 0.2) is 0 Å². The van der Waals surface area contributed by atoms with Crippen LogP contribution in [0.15, 0.2) is 0 Å². The number of nitrogens with zero attached hydrogens (tertiary/aromatic N) is 1. The van der Waals surface area contributed by atoms with E-state index in [0.29, 0.717) is 5.92 Å². The van der Waals surface area contributed by atoms with Gasteiger partial charge in [0.05, 0.1) is 12.2 Å². The van der Waals surface area contributed by atoms with E-state index in [9.17, 15) is 10.1 Å². The third-order valence-corrected chi connectivity index (χ3v) is 2.69. The van der Waals surface area contributed by atoms with Gasteiger partial charge in [-0.3, -0.25) is 10.1 Å². The zero-order chi connectivity index (χ0) is 10.8. The Hall–Kier alpha value is -0.640. The van der Waals surface area contributed by atoms with Gasteiger partial charge in [-0.05, 0) is 32.6 Å². The van der Waals surface area contributed by atoms with Gasteiger partial charge in [0, 0.05) is 10.8 Å². The first-order chi connectivity index (χ1) is 6.39. The highest BCUT2D eigenvalue weighted by Crippen LogP contribution is 2.32. The van der Waals surface area contributed by atoms with Crippen molar-refractivity contribution in [3.05, 3.63) is 10.1 Å². The summed E-state index contributed by atoms with van der Waals surface area (Å²) in [5.74, 6) is 0.660. The lowest BCUT2D eigenvalue weighted by atomic mass is 9.90. The largest absolute Gasteiger partial charge is 0.375 e. The van der Waals surface area contributed by atoms with E-state index < -0.39 is 0 Å². The van der Waals surface area contributed by atoms with Crippen LogP contribution in [-0.2, 0) is 4.74 Å². The summed E-state index contributed by atoms with van der Waals surface area (Å²) >= 11 is 0. The summed E-state index contributed by atoms with van der Waals surface area (Å²) in [5.41, 5.74) is -0.0288. The highest BCUT2D eigenvalue weighted by molar-refractivity contribution is 4.81. The predicted molar refractivity (Wildman–Crippen MR) is 53.8 cm³/mol. The van der Waals surface area contributed by atoms with E-state index in [0.717, 1.165) is 19.4 Å². The fourth-order valence-corrected chi connectivity index (χ4v) is 2.21. The summed E-state index contributed by atoms with van der Waals surface area (Å²) in [7, 11) is 0. The Morgan fingerprint density at radius 3 is 2.71 bits per heavy atom. The normalized spacial score (nSPS) is 27.5. The molecule has 14 heavy (non-hydrogen) atoms. The zero-order valence-electron chi connectivity index (χ0n) is 9.16. The van der Waals surface area contributed by atoms with E-state index in [1.54, 1.807) is 0 Å². The maximum absolute atomic E-state index is 10.3. The molecule has 1 fully saturated rings. The molecule has 1 saturated heterocycles. The van der Waals surface area contributed by atoms with Gasteiger partial charge in [-0.25, -0.2) is 0 Å². The molecular weight excluding hydrogens is 182 g/mol. The lowest BCUT2D eigenvalue weighted by Gasteiger charge is -2.16. The molecule has 0 spiro atoms. The number of hydrogen-bond donors (Lipinski definition) is 0. The average Bonchev–Trinajstić information content (AvgIpc) is 2.27. The number of nitro groups is 1. The van der Waals surface area contributed by atoms with Crippen molar-refractivity contribution < 1.29 is 9.66 Å². The molecule has 2 atom stereocenters. The first-order valence-electron chi connectivity index (χ1n) is 5.15. The highest BCUT2D eigenvalue weighted by Gasteiger charge is 2.33. The maximum Gasteiger partial charge on any atom is 0.206 e. The zero-order valence-corrected chi connectivity index (χ0v) is 9.16. The van der Waals surface area contributed by atoms with E-state index in [1.807, 2.05) is 6.92 Å². The lowest BCUT2D eigenvalue weighted by Crippen LogP contribution is -2.18. The number of hydrogen-bond acceptors (Lipinski definition) is 3. The van der Waals surface area contributed by atoms with E-state index in [-0.39, 0.29) is 23.0 Å². The third-order valence-electron chi connectivity index (χ3n) is 2.69. The summed E-state index contributed by atoms with van der Waals surface area (Å²) < 4.78 is 5.59. The first-order valence-corrected chi connectivity index (χ1v) is 5.15. The number of ether oxygens (including phenoxy) is 1. The van der Waals surface area contributed by atoms with Crippen LogP contribution >= 0.6 is 0 Å². The van der Waals surface area contributed by atoms with Crippen LogP contribution in [0.4, 0.5) is 0 Å². The molecule has 1 rings (SSSR count). The molecule has 1 unspecified atom stereocenters. The Bertz CT molecular complexity index is 215. The quantitative estimate of drug-likeness (QED) is 0.517. The molecule has 0 saturated carbocycles. The van der Waals surface area contributed by atoms with Crippen molar-refractivity contribution >= 4 is 0 Å². The van der Waals surface area contributed by atoms with E-state index >= 15 is 0 Å². The Kier molecular flexibility index (Phi) is 3.48. The Balaban J connectivity index is 2.29. The monoisotopic (exact) mass is 201 g/mol. The molecule has 0 amide bonds. The molecule has 0 bridgehead atoms. The summed E-state index contributed by atoms with van der Waals surface area (Å²) in [6.45, 7) is 6.93. The number of rotatable bonds is 4. The average molecular weight is 201 g/mol. The van der Waals surface area contributed by atoms with Gasteiger partial charge in [-0.1, -0.05) is 6.92 Å². The topological polar surface area (TPSA) is 52.4 Å².